The number of fused-ring (bicyclic) bond motifs is 2. The quantitative estimate of drug-likeness (QED) is 0.294. The second kappa shape index (κ2) is 8.56. The van der Waals surface area contributed by atoms with Crippen LogP contribution in [0.15, 0.2) is 91.6 Å². The second-order valence-corrected chi connectivity index (χ2v) is 9.45. The van der Waals surface area contributed by atoms with Crippen molar-refractivity contribution in [2.75, 3.05) is 0 Å². The van der Waals surface area contributed by atoms with Gasteiger partial charge in [-0.3, -0.25) is 0 Å². The zero-order chi connectivity index (χ0) is 25.8. The van der Waals surface area contributed by atoms with Crippen LogP contribution in [0.5, 0.6) is 0 Å². The summed E-state index contributed by atoms with van der Waals surface area (Å²) in [6.07, 6.45) is 18.7. The van der Waals surface area contributed by atoms with Crippen LogP contribution in [0, 0.1) is 0 Å². The molecule has 1 N–H and O–H groups in total. The molecule has 1 aliphatic carbocycles. The fraction of sp³-hybridized carbons (Fsp3) is 0.0385. The van der Waals surface area contributed by atoms with E-state index >= 15 is 0 Å². The first kappa shape index (κ1) is 21.6. The lowest BCUT2D eigenvalue weighted by Crippen LogP contribution is -2.03. The molecule has 6 heterocycles. The van der Waals surface area contributed by atoms with Gasteiger partial charge in [0.25, 0.3) is 0 Å². The van der Waals surface area contributed by atoms with E-state index in [-0.39, 0.29) is 0 Å². The van der Waals surface area contributed by atoms with Crippen molar-refractivity contribution in [3.8, 4) is 44.7 Å². The Balaban J connectivity index is 1.54. The topological polar surface area (TPSA) is 155 Å². The number of aromatic amines is 1. The van der Waals surface area contributed by atoms with Crippen LogP contribution in [-0.4, -0.2) is 41.0 Å². The Bertz CT molecular complexity index is 1950. The Hall–Kier alpha value is -5.43. The van der Waals surface area contributed by atoms with Gasteiger partial charge in [0.05, 0.1) is 17.3 Å². The number of tetrazole rings is 1. The lowest BCUT2D eigenvalue weighted by atomic mass is 9.88. The van der Waals surface area contributed by atoms with Gasteiger partial charge in [-0.15, -0.1) is 21.5 Å². The maximum Gasteiger partial charge on any atom is 0.230 e. The fourth-order valence-electron chi connectivity index (χ4n) is 4.88. The predicted molar refractivity (Wildman–Crippen MR) is 138 cm³/mol. The van der Waals surface area contributed by atoms with Gasteiger partial charge in [0, 0.05) is 38.9 Å². The van der Waals surface area contributed by atoms with E-state index in [0.29, 0.717) is 67.0 Å². The number of allylic oxidation sites excluding steroid dienone is 6. The molecule has 12 nitrogen and oxygen atoms in total. The van der Waals surface area contributed by atoms with E-state index in [9.17, 15) is 0 Å². The highest BCUT2D eigenvalue weighted by molar-refractivity contribution is 7.13. The third-order valence-corrected chi connectivity index (χ3v) is 7.26. The van der Waals surface area contributed by atoms with E-state index in [4.69, 9.17) is 18.1 Å². The third-order valence-electron chi connectivity index (χ3n) is 6.47. The molecule has 0 amide bonds. The first-order chi connectivity index (χ1) is 19.4. The fourth-order valence-corrected chi connectivity index (χ4v) is 5.58. The Kier molecular flexibility index (Phi) is 4.75. The zero-order valence-corrected chi connectivity index (χ0v) is 20.5. The Morgan fingerprint density at radius 1 is 0.897 bits per heavy atom. The van der Waals surface area contributed by atoms with Crippen molar-refractivity contribution in [3.05, 3.63) is 83.8 Å². The van der Waals surface area contributed by atoms with Crippen molar-refractivity contribution in [2.24, 2.45) is 0 Å². The third kappa shape index (κ3) is 3.33. The summed E-state index contributed by atoms with van der Waals surface area (Å²) in [6.45, 7) is 0. The molecule has 2 aliphatic rings. The Morgan fingerprint density at radius 3 is 2.69 bits per heavy atom. The van der Waals surface area contributed by atoms with Crippen LogP contribution in [0.25, 0.3) is 61.4 Å². The second-order valence-electron chi connectivity index (χ2n) is 8.56. The number of hydrogen-bond donors (Lipinski definition) is 1. The van der Waals surface area contributed by atoms with Crippen molar-refractivity contribution in [2.45, 2.75) is 6.42 Å². The smallest absolute Gasteiger partial charge is 0.230 e. The van der Waals surface area contributed by atoms with Crippen molar-refractivity contribution in [3.63, 3.8) is 0 Å². The molecule has 6 aromatic rings. The first-order valence-corrected chi connectivity index (χ1v) is 12.6. The van der Waals surface area contributed by atoms with Crippen LogP contribution in [0.4, 0.5) is 0 Å². The molecular formula is C26H14N8O4S. The standard InChI is InChI=1S/C26H14N8O4S/c1-2-4-16-13(3-1)5-6-17(38-16)14-11-36-23-18(14)20(24-30-32-33-31-24)19(15-12-37-34-29-15)21(26-28-8-10-39-26)22(23)25-27-7-9-35-25/h1-2,4-12H,3H2,(H,30,31,32,33). The van der Waals surface area contributed by atoms with Crippen LogP contribution in [-0.2, 0) is 4.74 Å². The molecule has 0 unspecified atom stereocenters. The number of H-pyrrole nitrogens is 1. The number of nitrogens with one attached hydrogen (secondary N) is 1. The minimum absolute atomic E-state index is 0.340. The SMILES string of the molecule is C1=CCC2=CC=C(c3coc4c(-c5ncco5)c(-c5nccs5)c(-c5conn5)c(-c5nnn[nH]5)c34)OC2=C1. The van der Waals surface area contributed by atoms with E-state index in [1.807, 2.05) is 29.7 Å². The summed E-state index contributed by atoms with van der Waals surface area (Å²) in [7, 11) is 0. The van der Waals surface area contributed by atoms with Gasteiger partial charge in [-0.2, -0.15) is 0 Å². The molecule has 1 aliphatic heterocycles. The van der Waals surface area contributed by atoms with Crippen LogP contribution in [0.3, 0.4) is 0 Å². The van der Waals surface area contributed by atoms with Gasteiger partial charge in [0.15, 0.2) is 12.1 Å². The summed E-state index contributed by atoms with van der Waals surface area (Å²) in [5.74, 6) is 2.09. The Labute approximate surface area is 222 Å². The first-order valence-electron chi connectivity index (χ1n) is 11.8. The molecule has 13 heteroatoms. The minimum atomic E-state index is 0.340. The van der Waals surface area contributed by atoms with Crippen LogP contribution in [0.1, 0.15) is 12.0 Å². The number of hydrogen-bond acceptors (Lipinski definition) is 12. The van der Waals surface area contributed by atoms with Crippen molar-refractivity contribution in [1.82, 2.24) is 41.0 Å². The number of furan rings is 1. The van der Waals surface area contributed by atoms with Gasteiger partial charge in [0.1, 0.15) is 40.3 Å². The van der Waals surface area contributed by atoms with Gasteiger partial charge in [-0.25, -0.2) is 15.1 Å². The molecule has 0 fully saturated rings. The summed E-state index contributed by atoms with van der Waals surface area (Å²) < 4.78 is 23.7. The molecule has 0 radical (unpaired) electrons. The van der Waals surface area contributed by atoms with E-state index in [1.54, 1.807) is 18.7 Å². The molecule has 0 saturated carbocycles. The number of rotatable bonds is 5. The average Bonchev–Trinajstić information content (AvgIpc) is 3.82. The molecule has 5 aromatic heterocycles. The molecular weight excluding hydrogens is 520 g/mol. The van der Waals surface area contributed by atoms with E-state index in [1.165, 1.54) is 23.9 Å². The number of ether oxygens (including phenoxy) is 1. The van der Waals surface area contributed by atoms with Crippen LogP contribution >= 0.6 is 11.3 Å². The van der Waals surface area contributed by atoms with Gasteiger partial charge in [0.2, 0.25) is 5.89 Å². The molecule has 0 saturated heterocycles. The Morgan fingerprint density at radius 2 is 1.90 bits per heavy atom. The van der Waals surface area contributed by atoms with E-state index in [2.05, 4.69) is 47.0 Å². The van der Waals surface area contributed by atoms with Crippen LogP contribution in [0.2, 0.25) is 0 Å². The number of oxazole rings is 1. The number of thiazole rings is 1. The predicted octanol–water partition coefficient (Wildman–Crippen LogP) is 5.58. The summed E-state index contributed by atoms with van der Waals surface area (Å²) in [5, 5.41) is 26.1. The summed E-state index contributed by atoms with van der Waals surface area (Å²) in [4.78, 5) is 9.08. The molecule has 39 heavy (non-hydrogen) atoms. The maximum atomic E-state index is 6.36. The lowest BCUT2D eigenvalue weighted by molar-refractivity contribution is 0.385. The highest BCUT2D eigenvalue weighted by Gasteiger charge is 2.34. The normalized spacial score (nSPS) is 14.6. The zero-order valence-electron chi connectivity index (χ0n) is 19.7. The van der Waals surface area contributed by atoms with E-state index in [0.717, 1.165) is 17.8 Å². The molecule has 0 spiro atoms. The summed E-state index contributed by atoms with van der Waals surface area (Å²) >= 11 is 1.44. The molecule has 1 aromatic carbocycles. The largest absolute Gasteiger partial charge is 0.463 e. The highest BCUT2D eigenvalue weighted by atomic mass is 32.1. The monoisotopic (exact) mass is 534 g/mol. The van der Waals surface area contributed by atoms with Gasteiger partial charge >= 0.3 is 0 Å². The molecule has 0 bridgehead atoms. The van der Waals surface area contributed by atoms with Crippen molar-refractivity contribution < 1.29 is 18.1 Å². The maximum absolute atomic E-state index is 6.36. The molecule has 188 valence electrons. The molecule has 8 rings (SSSR count). The van der Waals surface area contributed by atoms with Crippen molar-refractivity contribution in [1.29, 1.82) is 0 Å². The average molecular weight is 535 g/mol. The summed E-state index contributed by atoms with van der Waals surface area (Å²) in [6, 6.07) is 0. The van der Waals surface area contributed by atoms with Gasteiger partial charge in [-0.05, 0) is 34.6 Å². The van der Waals surface area contributed by atoms with E-state index < -0.39 is 0 Å². The van der Waals surface area contributed by atoms with Gasteiger partial charge < -0.3 is 18.1 Å². The summed E-state index contributed by atoms with van der Waals surface area (Å²) in [5.41, 5.74) is 5.15. The lowest BCUT2D eigenvalue weighted by Gasteiger charge is -2.21. The number of benzene rings is 1. The number of nitrogens with zero attached hydrogens (tertiary/aromatic N) is 7. The van der Waals surface area contributed by atoms with Gasteiger partial charge in [-0.1, -0.05) is 18.2 Å². The van der Waals surface area contributed by atoms with Crippen LogP contribution < -0.4 is 0 Å². The highest BCUT2D eigenvalue weighted by Crippen LogP contribution is 2.52. The van der Waals surface area contributed by atoms with Crippen molar-refractivity contribution >= 4 is 28.1 Å². The minimum Gasteiger partial charge on any atom is -0.463 e. The molecule has 0 atom stereocenters. The number of aromatic nitrogens is 8.